The normalized spacial score (nSPS) is 15.7. The molecule has 1 amide bonds. The third kappa shape index (κ3) is 1.69. The third-order valence-electron chi connectivity index (χ3n) is 3.08. The van der Waals surface area contributed by atoms with Crippen molar-refractivity contribution in [1.82, 2.24) is 14.3 Å². The zero-order chi connectivity index (χ0) is 11.8. The highest BCUT2D eigenvalue weighted by molar-refractivity contribution is 6.32. The lowest BCUT2D eigenvalue weighted by Gasteiger charge is -2.14. The van der Waals surface area contributed by atoms with Crippen LogP contribution in [0.25, 0.3) is 5.65 Å². The van der Waals surface area contributed by atoms with Crippen LogP contribution in [0, 0.1) is 0 Å². The van der Waals surface area contributed by atoms with E-state index in [2.05, 4.69) is 4.98 Å². The molecule has 1 aliphatic heterocycles. The van der Waals surface area contributed by atoms with E-state index in [1.54, 1.807) is 4.40 Å². The summed E-state index contributed by atoms with van der Waals surface area (Å²) in [7, 11) is 0. The summed E-state index contributed by atoms with van der Waals surface area (Å²) in [6.07, 6.45) is 3.96. The maximum absolute atomic E-state index is 12.3. The Kier molecular flexibility index (Phi) is 2.52. The fraction of sp³-hybridized carbons (Fsp3) is 0.333. The van der Waals surface area contributed by atoms with Gasteiger partial charge in [0.2, 0.25) is 0 Å². The molecular formula is C12H12ClN3O. The van der Waals surface area contributed by atoms with Crippen LogP contribution in [0.15, 0.2) is 24.4 Å². The number of nitrogens with zero attached hydrogens (tertiary/aromatic N) is 3. The van der Waals surface area contributed by atoms with Crippen molar-refractivity contribution in [1.29, 1.82) is 0 Å². The number of hydrogen-bond acceptors (Lipinski definition) is 2. The molecule has 0 unspecified atom stereocenters. The molecule has 0 bridgehead atoms. The van der Waals surface area contributed by atoms with E-state index in [4.69, 9.17) is 11.6 Å². The highest BCUT2D eigenvalue weighted by atomic mass is 35.5. The summed E-state index contributed by atoms with van der Waals surface area (Å²) < 4.78 is 1.75. The van der Waals surface area contributed by atoms with Crippen molar-refractivity contribution in [2.24, 2.45) is 0 Å². The van der Waals surface area contributed by atoms with Gasteiger partial charge in [-0.3, -0.25) is 9.20 Å². The molecule has 3 rings (SSSR count). The van der Waals surface area contributed by atoms with Gasteiger partial charge in [0.15, 0.2) is 10.8 Å². The molecule has 0 saturated carbocycles. The van der Waals surface area contributed by atoms with Crippen molar-refractivity contribution in [3.05, 3.63) is 35.2 Å². The molecule has 2 aromatic heterocycles. The number of aromatic nitrogens is 2. The molecule has 0 N–H and O–H groups in total. The van der Waals surface area contributed by atoms with Gasteiger partial charge >= 0.3 is 0 Å². The number of pyridine rings is 1. The molecule has 0 radical (unpaired) electrons. The summed E-state index contributed by atoms with van der Waals surface area (Å²) >= 11 is 6.06. The standard InChI is InChI=1S/C12H12ClN3O/c13-11-10(12(17)15-6-3-4-7-15)16-8-2-1-5-9(16)14-11/h1-2,5,8H,3-4,6-7H2. The molecule has 5 heteroatoms. The minimum Gasteiger partial charge on any atom is -0.337 e. The average molecular weight is 250 g/mol. The zero-order valence-corrected chi connectivity index (χ0v) is 10.0. The Hall–Kier alpha value is -1.55. The number of rotatable bonds is 1. The van der Waals surface area contributed by atoms with Gasteiger partial charge in [-0.05, 0) is 25.0 Å². The van der Waals surface area contributed by atoms with E-state index >= 15 is 0 Å². The van der Waals surface area contributed by atoms with E-state index in [1.165, 1.54) is 0 Å². The monoisotopic (exact) mass is 249 g/mol. The van der Waals surface area contributed by atoms with Crippen LogP contribution in [0.4, 0.5) is 0 Å². The second kappa shape index (κ2) is 4.04. The van der Waals surface area contributed by atoms with Crippen LogP contribution >= 0.6 is 11.6 Å². The molecule has 0 spiro atoms. The molecule has 1 aliphatic rings. The molecule has 1 saturated heterocycles. The van der Waals surface area contributed by atoms with Gasteiger partial charge in [-0.1, -0.05) is 17.7 Å². The molecule has 1 fully saturated rings. The van der Waals surface area contributed by atoms with Crippen molar-refractivity contribution in [2.75, 3.05) is 13.1 Å². The van der Waals surface area contributed by atoms with E-state index in [9.17, 15) is 4.79 Å². The molecule has 4 nitrogen and oxygen atoms in total. The summed E-state index contributed by atoms with van der Waals surface area (Å²) in [5, 5.41) is 0.285. The van der Waals surface area contributed by atoms with E-state index in [-0.39, 0.29) is 11.1 Å². The Bertz CT molecular complexity index is 572. The lowest BCUT2D eigenvalue weighted by atomic mass is 10.4. The third-order valence-corrected chi connectivity index (χ3v) is 3.35. The van der Waals surface area contributed by atoms with Crippen LogP contribution in [-0.2, 0) is 0 Å². The number of likely N-dealkylation sites (tertiary alicyclic amines) is 1. The largest absolute Gasteiger partial charge is 0.337 e. The molecule has 0 aromatic carbocycles. The highest BCUT2D eigenvalue weighted by Crippen LogP contribution is 2.21. The summed E-state index contributed by atoms with van der Waals surface area (Å²) in [5.74, 6) is -0.0220. The van der Waals surface area contributed by atoms with Gasteiger partial charge in [-0.15, -0.1) is 0 Å². The Labute approximate surface area is 104 Å². The first kappa shape index (κ1) is 10.6. The minimum atomic E-state index is -0.0220. The second-order valence-electron chi connectivity index (χ2n) is 4.18. The van der Waals surface area contributed by atoms with Crippen molar-refractivity contribution < 1.29 is 4.79 Å². The van der Waals surface area contributed by atoms with E-state index < -0.39 is 0 Å². The summed E-state index contributed by atoms with van der Waals surface area (Å²) in [5.41, 5.74) is 1.18. The number of imidazole rings is 1. The Morgan fingerprint density at radius 3 is 2.82 bits per heavy atom. The summed E-state index contributed by atoms with van der Waals surface area (Å²) in [6.45, 7) is 1.63. The highest BCUT2D eigenvalue weighted by Gasteiger charge is 2.25. The van der Waals surface area contributed by atoms with Crippen molar-refractivity contribution in [2.45, 2.75) is 12.8 Å². The smallest absolute Gasteiger partial charge is 0.274 e. The van der Waals surface area contributed by atoms with Gasteiger partial charge in [0.1, 0.15) is 5.65 Å². The van der Waals surface area contributed by atoms with E-state index in [0.29, 0.717) is 11.3 Å². The molecule has 3 heterocycles. The lowest BCUT2D eigenvalue weighted by molar-refractivity contribution is 0.0786. The van der Waals surface area contributed by atoms with Gasteiger partial charge in [0.25, 0.3) is 5.91 Å². The summed E-state index contributed by atoms with van der Waals surface area (Å²) in [4.78, 5) is 18.3. The number of carbonyl (C=O) groups is 1. The zero-order valence-electron chi connectivity index (χ0n) is 9.27. The molecule has 88 valence electrons. The van der Waals surface area contributed by atoms with Crippen molar-refractivity contribution in [3.8, 4) is 0 Å². The SMILES string of the molecule is O=C(c1c(Cl)nc2ccccn12)N1CCCC1. The van der Waals surface area contributed by atoms with Gasteiger partial charge in [0.05, 0.1) is 0 Å². The predicted octanol–water partition coefficient (Wildman–Crippen LogP) is 2.22. The topological polar surface area (TPSA) is 37.6 Å². The van der Waals surface area contributed by atoms with Gasteiger partial charge in [-0.2, -0.15) is 0 Å². The van der Waals surface area contributed by atoms with Gasteiger partial charge < -0.3 is 4.90 Å². The van der Waals surface area contributed by atoms with Gasteiger partial charge in [0, 0.05) is 19.3 Å². The van der Waals surface area contributed by atoms with Crippen LogP contribution in [-0.4, -0.2) is 33.3 Å². The first-order chi connectivity index (χ1) is 8.27. The van der Waals surface area contributed by atoms with Gasteiger partial charge in [-0.25, -0.2) is 4.98 Å². The number of amides is 1. The number of halogens is 1. The number of hydrogen-bond donors (Lipinski definition) is 0. The number of fused-ring (bicyclic) bond motifs is 1. The molecule has 0 aliphatic carbocycles. The van der Waals surface area contributed by atoms with E-state index in [1.807, 2.05) is 29.3 Å². The van der Waals surface area contributed by atoms with Crippen molar-refractivity contribution in [3.63, 3.8) is 0 Å². The molecular weight excluding hydrogens is 238 g/mol. The fourth-order valence-electron chi connectivity index (χ4n) is 2.23. The van der Waals surface area contributed by atoms with Crippen LogP contribution in [0.5, 0.6) is 0 Å². The average Bonchev–Trinajstić information content (AvgIpc) is 2.94. The van der Waals surface area contributed by atoms with Crippen molar-refractivity contribution >= 4 is 23.2 Å². The Morgan fingerprint density at radius 2 is 2.06 bits per heavy atom. The molecule has 0 atom stereocenters. The molecule has 2 aromatic rings. The van der Waals surface area contributed by atoms with Crippen LogP contribution in [0.1, 0.15) is 23.3 Å². The first-order valence-corrected chi connectivity index (χ1v) is 6.07. The minimum absolute atomic E-state index is 0.0220. The second-order valence-corrected chi connectivity index (χ2v) is 4.54. The van der Waals surface area contributed by atoms with Crippen LogP contribution in [0.3, 0.4) is 0 Å². The number of carbonyl (C=O) groups excluding carboxylic acids is 1. The fourth-order valence-corrected chi connectivity index (χ4v) is 2.49. The quantitative estimate of drug-likeness (QED) is 0.777. The Morgan fingerprint density at radius 1 is 1.29 bits per heavy atom. The maximum Gasteiger partial charge on any atom is 0.274 e. The lowest BCUT2D eigenvalue weighted by Crippen LogP contribution is -2.28. The van der Waals surface area contributed by atoms with Crippen LogP contribution in [0.2, 0.25) is 5.15 Å². The molecule has 17 heavy (non-hydrogen) atoms. The summed E-state index contributed by atoms with van der Waals surface area (Å²) in [6, 6.07) is 5.58. The van der Waals surface area contributed by atoms with E-state index in [0.717, 1.165) is 25.9 Å². The van der Waals surface area contributed by atoms with Crippen LogP contribution < -0.4 is 0 Å². The Balaban J connectivity index is 2.09. The first-order valence-electron chi connectivity index (χ1n) is 5.69. The maximum atomic E-state index is 12.3. The predicted molar refractivity (Wildman–Crippen MR) is 65.3 cm³/mol.